The van der Waals surface area contributed by atoms with Gasteiger partial charge in [0.15, 0.2) is 5.16 Å². The predicted octanol–water partition coefficient (Wildman–Crippen LogP) is 5.27. The minimum Gasteiger partial charge on any atom is -0.496 e. The summed E-state index contributed by atoms with van der Waals surface area (Å²) in [4.78, 5) is 23.6. The van der Waals surface area contributed by atoms with Crippen LogP contribution in [0.15, 0.2) is 64.5 Å². The van der Waals surface area contributed by atoms with Crippen molar-refractivity contribution in [2.24, 2.45) is 0 Å². The molecule has 0 atom stereocenters. The lowest BCUT2D eigenvalue weighted by atomic mass is 10.1. The Morgan fingerprint density at radius 1 is 1.15 bits per heavy atom. The first-order valence-corrected chi connectivity index (χ1v) is 11.7. The number of carboxylic acids is 1. The standard InChI is InChI=1S/C22H16BrClN4O4S/c1-32-18-7-3-4-13-14(18)5-2-6-17(13)28-21(23)26-27-22(28)33-11-19(29)25-16-9-8-12(20(30)31)10-15(16)24/h2-10H,11H2,1H3,(H,25,29)(H,30,31). The third kappa shape index (κ3) is 4.82. The van der Waals surface area contributed by atoms with Gasteiger partial charge in [0, 0.05) is 10.8 Å². The highest BCUT2D eigenvalue weighted by molar-refractivity contribution is 9.10. The van der Waals surface area contributed by atoms with E-state index in [0.717, 1.165) is 22.2 Å². The average Bonchev–Trinajstić information content (AvgIpc) is 3.18. The summed E-state index contributed by atoms with van der Waals surface area (Å²) >= 11 is 10.7. The highest BCUT2D eigenvalue weighted by Gasteiger charge is 2.17. The zero-order valence-electron chi connectivity index (χ0n) is 17.1. The first kappa shape index (κ1) is 23.1. The van der Waals surface area contributed by atoms with Crippen LogP contribution in [0.3, 0.4) is 0 Å². The zero-order valence-corrected chi connectivity index (χ0v) is 20.2. The topological polar surface area (TPSA) is 106 Å². The number of carboxylic acid groups (broad SMARTS) is 1. The Morgan fingerprint density at radius 2 is 1.91 bits per heavy atom. The summed E-state index contributed by atoms with van der Waals surface area (Å²) in [6.45, 7) is 0. The Morgan fingerprint density at radius 3 is 2.64 bits per heavy atom. The number of thioether (sulfide) groups is 1. The maximum Gasteiger partial charge on any atom is 0.335 e. The molecule has 0 spiro atoms. The highest BCUT2D eigenvalue weighted by Crippen LogP contribution is 2.33. The van der Waals surface area contributed by atoms with Gasteiger partial charge in [0.05, 0.1) is 34.8 Å². The molecule has 3 aromatic carbocycles. The number of nitrogens with one attached hydrogen (secondary N) is 1. The molecule has 0 saturated heterocycles. The fourth-order valence-corrected chi connectivity index (χ4v) is 4.78. The van der Waals surface area contributed by atoms with Crippen molar-refractivity contribution in [2.45, 2.75) is 5.16 Å². The molecule has 1 amide bonds. The molecule has 1 aromatic heterocycles. The van der Waals surface area contributed by atoms with Crippen molar-refractivity contribution in [3.8, 4) is 11.4 Å². The summed E-state index contributed by atoms with van der Waals surface area (Å²) in [5.41, 5.74) is 1.20. The molecule has 0 aliphatic carbocycles. The number of hydrogen-bond donors (Lipinski definition) is 2. The molecule has 4 aromatic rings. The Labute approximate surface area is 206 Å². The number of aromatic nitrogens is 3. The number of anilines is 1. The fraction of sp³-hybridized carbons (Fsp3) is 0.0909. The van der Waals surface area contributed by atoms with Gasteiger partial charge >= 0.3 is 5.97 Å². The number of hydrogen-bond acceptors (Lipinski definition) is 6. The van der Waals surface area contributed by atoms with Crippen molar-refractivity contribution < 1.29 is 19.4 Å². The third-order valence-corrected chi connectivity index (χ3v) is 6.49. The van der Waals surface area contributed by atoms with Crippen molar-refractivity contribution in [1.29, 1.82) is 0 Å². The van der Waals surface area contributed by atoms with E-state index in [-0.39, 0.29) is 22.2 Å². The molecule has 33 heavy (non-hydrogen) atoms. The minimum absolute atomic E-state index is 0.0379. The smallest absolute Gasteiger partial charge is 0.335 e. The van der Waals surface area contributed by atoms with Gasteiger partial charge in [0.2, 0.25) is 10.6 Å². The maximum absolute atomic E-state index is 12.5. The van der Waals surface area contributed by atoms with Crippen LogP contribution in [0.2, 0.25) is 5.02 Å². The second-order valence-corrected chi connectivity index (χ2v) is 8.82. The van der Waals surface area contributed by atoms with Gasteiger partial charge in [0.25, 0.3) is 0 Å². The lowest BCUT2D eigenvalue weighted by Gasteiger charge is -2.13. The number of fused-ring (bicyclic) bond motifs is 1. The Kier molecular flexibility index (Phi) is 6.87. The molecule has 168 valence electrons. The number of carbonyl (C=O) groups is 2. The van der Waals surface area contributed by atoms with Crippen LogP contribution in [0, 0.1) is 0 Å². The molecule has 0 fully saturated rings. The molecule has 8 nitrogen and oxygen atoms in total. The monoisotopic (exact) mass is 546 g/mol. The Bertz CT molecular complexity index is 1380. The molecular formula is C22H16BrClN4O4S. The number of ether oxygens (including phenoxy) is 1. The molecule has 4 rings (SSSR count). The van der Waals surface area contributed by atoms with Crippen LogP contribution < -0.4 is 10.1 Å². The number of carbonyl (C=O) groups excluding carboxylic acids is 1. The van der Waals surface area contributed by atoms with Gasteiger partial charge in [-0.3, -0.25) is 9.36 Å². The number of methoxy groups -OCH3 is 1. The predicted molar refractivity (Wildman–Crippen MR) is 131 cm³/mol. The van der Waals surface area contributed by atoms with Gasteiger partial charge < -0.3 is 15.2 Å². The summed E-state index contributed by atoms with van der Waals surface area (Å²) in [6.07, 6.45) is 0. The van der Waals surface area contributed by atoms with Gasteiger partial charge in [0.1, 0.15) is 5.75 Å². The van der Waals surface area contributed by atoms with E-state index in [1.54, 1.807) is 7.11 Å². The summed E-state index contributed by atoms with van der Waals surface area (Å²) in [5.74, 6) is -0.634. The minimum atomic E-state index is -1.10. The van der Waals surface area contributed by atoms with Crippen molar-refractivity contribution in [3.63, 3.8) is 0 Å². The number of amides is 1. The summed E-state index contributed by atoms with van der Waals surface area (Å²) in [5, 5.41) is 22.6. The van der Waals surface area contributed by atoms with Crippen molar-refractivity contribution >= 4 is 67.6 Å². The molecule has 0 unspecified atom stereocenters. The van der Waals surface area contributed by atoms with E-state index in [0.29, 0.717) is 15.6 Å². The number of rotatable bonds is 7. The number of aromatic carboxylic acids is 1. The number of nitrogens with zero attached hydrogens (tertiary/aromatic N) is 3. The van der Waals surface area contributed by atoms with Crippen molar-refractivity contribution in [3.05, 3.63) is 69.9 Å². The maximum atomic E-state index is 12.5. The van der Waals surface area contributed by atoms with Crippen LogP contribution in [0.5, 0.6) is 5.75 Å². The quantitative estimate of drug-likeness (QED) is 0.303. The van der Waals surface area contributed by atoms with E-state index in [1.807, 2.05) is 41.0 Å². The lowest BCUT2D eigenvalue weighted by Crippen LogP contribution is -2.15. The molecule has 0 aliphatic heterocycles. The summed E-state index contributed by atoms with van der Waals surface area (Å²) < 4.78 is 7.78. The van der Waals surface area contributed by atoms with Gasteiger partial charge in [-0.05, 0) is 46.3 Å². The van der Waals surface area contributed by atoms with E-state index in [2.05, 4.69) is 31.4 Å². The highest BCUT2D eigenvalue weighted by atomic mass is 79.9. The fourth-order valence-electron chi connectivity index (χ4n) is 3.25. The Hall–Kier alpha value is -3.08. The van der Waals surface area contributed by atoms with Crippen LogP contribution in [0.4, 0.5) is 5.69 Å². The van der Waals surface area contributed by atoms with Gasteiger partial charge in [-0.15, -0.1) is 10.2 Å². The van der Waals surface area contributed by atoms with Crippen molar-refractivity contribution in [1.82, 2.24) is 14.8 Å². The van der Waals surface area contributed by atoms with E-state index in [9.17, 15) is 9.59 Å². The first-order valence-electron chi connectivity index (χ1n) is 9.51. The zero-order chi connectivity index (χ0) is 23.5. The number of benzene rings is 3. The van der Waals surface area contributed by atoms with Crippen LogP contribution in [0.1, 0.15) is 10.4 Å². The molecular weight excluding hydrogens is 532 g/mol. The molecule has 0 bridgehead atoms. The molecule has 2 N–H and O–H groups in total. The van der Waals surface area contributed by atoms with Gasteiger partial charge in [-0.2, -0.15) is 0 Å². The molecule has 0 radical (unpaired) electrons. The third-order valence-electron chi connectivity index (χ3n) is 4.74. The summed E-state index contributed by atoms with van der Waals surface area (Å²) in [6, 6.07) is 15.7. The van der Waals surface area contributed by atoms with Crippen LogP contribution >= 0.6 is 39.3 Å². The van der Waals surface area contributed by atoms with Gasteiger partial charge in [-0.25, -0.2) is 4.79 Å². The van der Waals surface area contributed by atoms with E-state index in [1.165, 1.54) is 30.0 Å². The normalized spacial score (nSPS) is 10.9. The molecule has 0 aliphatic rings. The molecule has 1 heterocycles. The molecule has 0 saturated carbocycles. The van der Waals surface area contributed by atoms with E-state index in [4.69, 9.17) is 21.4 Å². The Balaban J connectivity index is 1.56. The first-order chi connectivity index (χ1) is 15.9. The van der Waals surface area contributed by atoms with Crippen LogP contribution in [-0.4, -0.2) is 44.6 Å². The largest absolute Gasteiger partial charge is 0.496 e. The van der Waals surface area contributed by atoms with Crippen molar-refractivity contribution in [2.75, 3.05) is 18.2 Å². The SMILES string of the molecule is COc1cccc2c(-n3c(Br)nnc3SCC(=O)Nc3ccc(C(=O)O)cc3Cl)cccc12. The lowest BCUT2D eigenvalue weighted by molar-refractivity contribution is -0.113. The van der Waals surface area contributed by atoms with E-state index < -0.39 is 5.97 Å². The van der Waals surface area contributed by atoms with Gasteiger partial charge in [-0.1, -0.05) is 47.6 Å². The van der Waals surface area contributed by atoms with Crippen LogP contribution in [-0.2, 0) is 4.79 Å². The summed E-state index contributed by atoms with van der Waals surface area (Å²) in [7, 11) is 1.62. The van der Waals surface area contributed by atoms with E-state index >= 15 is 0 Å². The second kappa shape index (κ2) is 9.82. The number of halogens is 2. The van der Waals surface area contributed by atoms with Crippen LogP contribution in [0.25, 0.3) is 16.5 Å². The molecule has 11 heteroatoms. The second-order valence-electron chi connectivity index (χ2n) is 6.76. The average molecular weight is 548 g/mol.